The van der Waals surface area contributed by atoms with Crippen LogP contribution in [-0.2, 0) is 28.6 Å². The normalized spacial score (nSPS) is 13.1. The molecule has 0 N–H and O–H groups in total. The first-order chi connectivity index (χ1) is 38.5. The molecule has 0 saturated carbocycles. The maximum absolute atomic E-state index is 12.8. The van der Waals surface area contributed by atoms with Crippen molar-refractivity contribution in [3.05, 3.63) is 146 Å². The molecule has 440 valence electrons. The lowest BCUT2D eigenvalue weighted by Gasteiger charge is -2.18. The highest BCUT2D eigenvalue weighted by molar-refractivity contribution is 5.71. The molecule has 0 saturated heterocycles. The fourth-order valence-electron chi connectivity index (χ4n) is 8.35. The number of ether oxygens (including phenoxy) is 3. The van der Waals surface area contributed by atoms with Gasteiger partial charge in [0.2, 0.25) is 0 Å². The Morgan fingerprint density at radius 3 is 0.808 bits per heavy atom. The van der Waals surface area contributed by atoms with E-state index in [4.69, 9.17) is 14.2 Å². The van der Waals surface area contributed by atoms with E-state index in [1.807, 2.05) is 0 Å². The first-order valence-corrected chi connectivity index (χ1v) is 31.8. The van der Waals surface area contributed by atoms with E-state index in [-0.39, 0.29) is 37.5 Å². The molecule has 78 heavy (non-hydrogen) atoms. The van der Waals surface area contributed by atoms with Crippen LogP contribution in [0, 0.1) is 0 Å². The van der Waals surface area contributed by atoms with Gasteiger partial charge >= 0.3 is 17.9 Å². The smallest absolute Gasteiger partial charge is 0.306 e. The molecule has 0 aliphatic rings. The summed E-state index contributed by atoms with van der Waals surface area (Å²) in [6.07, 6.45) is 93.0. The minimum atomic E-state index is -0.802. The third-order valence-electron chi connectivity index (χ3n) is 13.1. The van der Waals surface area contributed by atoms with Crippen LogP contribution in [0.1, 0.15) is 271 Å². The molecule has 0 bridgehead atoms. The van der Waals surface area contributed by atoms with Crippen LogP contribution in [0.15, 0.2) is 146 Å². The van der Waals surface area contributed by atoms with Gasteiger partial charge in [-0.1, -0.05) is 256 Å². The molecule has 0 rings (SSSR count). The van der Waals surface area contributed by atoms with Crippen molar-refractivity contribution in [3.8, 4) is 0 Å². The van der Waals surface area contributed by atoms with Gasteiger partial charge in [0.05, 0.1) is 0 Å². The van der Waals surface area contributed by atoms with Crippen LogP contribution < -0.4 is 0 Å². The number of esters is 3. The van der Waals surface area contributed by atoms with E-state index in [2.05, 4.69) is 167 Å². The molecule has 0 aliphatic heterocycles. The molecule has 6 heteroatoms. The Hall–Kier alpha value is -4.71. The molecule has 0 aromatic heterocycles. The van der Waals surface area contributed by atoms with E-state index in [0.29, 0.717) is 12.8 Å². The van der Waals surface area contributed by atoms with Gasteiger partial charge in [-0.05, 0) is 141 Å². The van der Waals surface area contributed by atoms with Gasteiger partial charge in [0.1, 0.15) is 13.2 Å². The largest absolute Gasteiger partial charge is 0.462 e. The summed E-state index contributed by atoms with van der Waals surface area (Å²) in [4.78, 5) is 38.1. The minimum absolute atomic E-state index is 0.0982. The van der Waals surface area contributed by atoms with Gasteiger partial charge in [0.15, 0.2) is 6.10 Å². The van der Waals surface area contributed by atoms with Gasteiger partial charge in [0, 0.05) is 19.3 Å². The second-order valence-electron chi connectivity index (χ2n) is 20.5. The summed E-state index contributed by atoms with van der Waals surface area (Å²) in [6, 6.07) is 0. The standard InChI is InChI=1S/C72H116O6/c1-4-7-10-13-16-19-22-25-26-27-28-29-30-31-32-33-34-35-36-37-38-39-40-41-42-43-44-45-46-48-50-53-56-59-62-65-71(74)77-68-69(67-76-70(73)64-61-58-55-52-49-24-21-18-15-12-9-6-3)78-72(75)66-63-60-57-54-51-47-23-20-17-14-11-8-5-2/h7-8,10-11,16-21,25-26,28-29,31-32,34-35,37-38,40-41,47,51,69H,4-6,9,12-15,22-24,27,30,33,36,39,42-46,48-50,52-68H2,1-3H3/b10-7-,11-8-,19-16-,20-17-,21-18-,26-25-,29-28-,32-31-,35-34-,38-37-,41-40-,51-47-. The number of allylic oxidation sites excluding steroid dienone is 24. The Morgan fingerprint density at radius 2 is 0.500 bits per heavy atom. The lowest BCUT2D eigenvalue weighted by molar-refractivity contribution is -0.167. The average molecular weight is 1080 g/mol. The van der Waals surface area contributed by atoms with Crippen LogP contribution in [-0.4, -0.2) is 37.2 Å². The van der Waals surface area contributed by atoms with Crippen molar-refractivity contribution in [2.75, 3.05) is 13.2 Å². The number of hydrogen-bond acceptors (Lipinski definition) is 6. The third kappa shape index (κ3) is 62.1. The first-order valence-electron chi connectivity index (χ1n) is 31.8. The van der Waals surface area contributed by atoms with Crippen LogP contribution >= 0.6 is 0 Å². The van der Waals surface area contributed by atoms with Gasteiger partial charge in [-0.3, -0.25) is 14.4 Å². The number of hydrogen-bond donors (Lipinski definition) is 0. The zero-order chi connectivity index (χ0) is 56.4. The molecule has 0 radical (unpaired) electrons. The first kappa shape index (κ1) is 73.3. The highest BCUT2D eigenvalue weighted by atomic mass is 16.6. The van der Waals surface area contributed by atoms with Crippen LogP contribution in [0.2, 0.25) is 0 Å². The molecule has 0 heterocycles. The number of rotatable bonds is 56. The number of unbranched alkanes of at least 4 members (excludes halogenated alkanes) is 21. The summed E-state index contributed by atoms with van der Waals surface area (Å²) in [7, 11) is 0. The molecule has 1 atom stereocenters. The van der Waals surface area contributed by atoms with E-state index in [0.717, 1.165) is 154 Å². The topological polar surface area (TPSA) is 78.9 Å². The lowest BCUT2D eigenvalue weighted by Crippen LogP contribution is -2.30. The van der Waals surface area contributed by atoms with Gasteiger partial charge in [-0.2, -0.15) is 0 Å². The van der Waals surface area contributed by atoms with Gasteiger partial charge < -0.3 is 14.2 Å². The highest BCUT2D eigenvalue weighted by Gasteiger charge is 2.19. The summed E-state index contributed by atoms with van der Waals surface area (Å²) in [5, 5.41) is 0. The molecule has 0 amide bonds. The van der Waals surface area contributed by atoms with E-state index >= 15 is 0 Å². The van der Waals surface area contributed by atoms with E-state index < -0.39 is 6.10 Å². The van der Waals surface area contributed by atoms with Crippen molar-refractivity contribution >= 4 is 17.9 Å². The second kappa shape index (κ2) is 64.8. The van der Waals surface area contributed by atoms with Gasteiger partial charge in [-0.15, -0.1) is 0 Å². The summed E-state index contributed by atoms with van der Waals surface area (Å²) < 4.78 is 16.8. The predicted molar refractivity (Wildman–Crippen MR) is 339 cm³/mol. The monoisotopic (exact) mass is 1080 g/mol. The molecule has 1 unspecified atom stereocenters. The van der Waals surface area contributed by atoms with Crippen molar-refractivity contribution in [2.24, 2.45) is 0 Å². The second-order valence-corrected chi connectivity index (χ2v) is 20.5. The Labute approximate surface area is 480 Å². The summed E-state index contributed by atoms with van der Waals surface area (Å²) in [5.41, 5.74) is 0. The Morgan fingerprint density at radius 1 is 0.269 bits per heavy atom. The Balaban J connectivity index is 4.21. The molecule has 0 aliphatic carbocycles. The summed E-state index contributed by atoms with van der Waals surface area (Å²) in [6.45, 7) is 6.34. The van der Waals surface area contributed by atoms with Crippen LogP contribution in [0.4, 0.5) is 0 Å². The average Bonchev–Trinajstić information content (AvgIpc) is 3.44. The van der Waals surface area contributed by atoms with Crippen LogP contribution in [0.3, 0.4) is 0 Å². The van der Waals surface area contributed by atoms with Crippen molar-refractivity contribution in [1.29, 1.82) is 0 Å². The third-order valence-corrected chi connectivity index (χ3v) is 13.1. The fraction of sp³-hybridized carbons (Fsp3) is 0.625. The Bertz CT molecular complexity index is 1710. The number of carbonyl (C=O) groups excluding carboxylic acids is 3. The molecule has 0 aromatic carbocycles. The molecule has 6 nitrogen and oxygen atoms in total. The predicted octanol–water partition coefficient (Wildman–Crippen LogP) is 21.9. The van der Waals surface area contributed by atoms with Crippen molar-refractivity contribution in [2.45, 2.75) is 277 Å². The van der Waals surface area contributed by atoms with Gasteiger partial charge in [-0.25, -0.2) is 0 Å². The molecule has 0 spiro atoms. The molecule has 0 aromatic rings. The fourth-order valence-corrected chi connectivity index (χ4v) is 8.35. The quantitative estimate of drug-likeness (QED) is 0.0261. The summed E-state index contributed by atoms with van der Waals surface area (Å²) >= 11 is 0. The van der Waals surface area contributed by atoms with E-state index in [1.54, 1.807) is 0 Å². The molecule has 0 fully saturated rings. The lowest BCUT2D eigenvalue weighted by atomic mass is 10.1. The van der Waals surface area contributed by atoms with Crippen LogP contribution in [0.5, 0.6) is 0 Å². The van der Waals surface area contributed by atoms with E-state index in [1.165, 1.54) is 77.0 Å². The number of carbonyl (C=O) groups is 3. The maximum atomic E-state index is 12.8. The molecular formula is C72H116O6. The SMILES string of the molecule is CC/C=C\C/C=C\C/C=C\C/C=C\C/C=C\C/C=C\C/C=C\C/C=C\CCCCCCCCCCCCC(=O)OCC(COC(=O)CCCCCCC/C=C\CCCCC)OC(=O)CCCCC/C=C\C/C=C\C/C=C\CC. The zero-order valence-electron chi connectivity index (χ0n) is 50.4. The highest BCUT2D eigenvalue weighted by Crippen LogP contribution is 2.15. The van der Waals surface area contributed by atoms with Crippen molar-refractivity contribution in [3.63, 3.8) is 0 Å². The van der Waals surface area contributed by atoms with E-state index in [9.17, 15) is 14.4 Å². The minimum Gasteiger partial charge on any atom is -0.462 e. The van der Waals surface area contributed by atoms with Crippen molar-refractivity contribution < 1.29 is 28.6 Å². The maximum Gasteiger partial charge on any atom is 0.306 e. The Kier molecular flexibility index (Phi) is 60.9. The summed E-state index contributed by atoms with van der Waals surface area (Å²) in [5.74, 6) is -0.944. The zero-order valence-corrected chi connectivity index (χ0v) is 50.4. The van der Waals surface area contributed by atoms with Gasteiger partial charge in [0.25, 0.3) is 0 Å². The molecular weight excluding hydrogens is 961 g/mol. The van der Waals surface area contributed by atoms with Crippen molar-refractivity contribution in [1.82, 2.24) is 0 Å². The van der Waals surface area contributed by atoms with Crippen LogP contribution in [0.25, 0.3) is 0 Å².